The van der Waals surface area contributed by atoms with Crippen molar-refractivity contribution in [3.05, 3.63) is 65.2 Å². The predicted molar refractivity (Wildman–Crippen MR) is 112 cm³/mol. The van der Waals surface area contributed by atoms with E-state index in [1.54, 1.807) is 50.2 Å². The average Bonchev–Trinajstić information content (AvgIpc) is 2.69. The van der Waals surface area contributed by atoms with Crippen LogP contribution in [0.5, 0.6) is 0 Å². The van der Waals surface area contributed by atoms with Crippen molar-refractivity contribution in [1.82, 2.24) is 4.72 Å². The minimum absolute atomic E-state index is 0.0247. The van der Waals surface area contributed by atoms with Crippen LogP contribution in [0.25, 0.3) is 0 Å². The summed E-state index contributed by atoms with van der Waals surface area (Å²) >= 11 is 0. The van der Waals surface area contributed by atoms with Gasteiger partial charge in [-0.15, -0.1) is 0 Å². The zero-order valence-corrected chi connectivity index (χ0v) is 18.4. The molecule has 0 aliphatic heterocycles. The predicted octanol–water partition coefficient (Wildman–Crippen LogP) is 3.07. The molecule has 0 aliphatic rings. The lowest BCUT2D eigenvalue weighted by Crippen LogP contribution is -2.42. The summed E-state index contributed by atoms with van der Waals surface area (Å²) in [5.41, 5.74) is 2.30. The summed E-state index contributed by atoms with van der Waals surface area (Å²) in [6, 6.07) is 12.0. The van der Waals surface area contributed by atoms with Crippen LogP contribution in [0.4, 0.5) is 0 Å². The van der Waals surface area contributed by atoms with Gasteiger partial charge in [-0.3, -0.25) is 9.59 Å². The molecule has 1 atom stereocenters. The fourth-order valence-electron chi connectivity index (χ4n) is 2.89. The smallest absolute Gasteiger partial charge is 0.322 e. The monoisotopic (exact) mass is 433 g/mol. The number of hydrogen-bond donors (Lipinski definition) is 1. The number of carbonyl (C=O) groups is 2. The number of carbonyl (C=O) groups excluding carboxylic acids is 2. The Hall–Kier alpha value is -2.71. The van der Waals surface area contributed by atoms with E-state index in [4.69, 9.17) is 9.47 Å². The summed E-state index contributed by atoms with van der Waals surface area (Å²) in [5.74, 6) is -3.20. The molecule has 30 heavy (non-hydrogen) atoms. The van der Waals surface area contributed by atoms with E-state index in [1.165, 1.54) is 12.1 Å². The molecule has 1 unspecified atom stereocenters. The molecule has 0 aromatic heterocycles. The van der Waals surface area contributed by atoms with Crippen LogP contribution >= 0.6 is 0 Å². The molecule has 0 bridgehead atoms. The highest BCUT2D eigenvalue weighted by Gasteiger charge is 2.41. The number of benzene rings is 2. The molecule has 0 spiro atoms. The van der Waals surface area contributed by atoms with Crippen LogP contribution in [0.15, 0.2) is 53.4 Å². The first kappa shape index (κ1) is 23.6. The fraction of sp³-hybridized carbons (Fsp3) is 0.364. The fourth-order valence-corrected chi connectivity index (χ4v) is 4.12. The van der Waals surface area contributed by atoms with Crippen molar-refractivity contribution < 1.29 is 27.5 Å². The summed E-state index contributed by atoms with van der Waals surface area (Å²) in [5, 5.41) is 0. The normalized spacial score (nSPS) is 12.4. The van der Waals surface area contributed by atoms with E-state index in [1.807, 2.05) is 13.8 Å². The van der Waals surface area contributed by atoms with E-state index in [-0.39, 0.29) is 18.1 Å². The second-order valence-corrected chi connectivity index (χ2v) is 8.52. The highest BCUT2D eigenvalue weighted by molar-refractivity contribution is 7.89. The van der Waals surface area contributed by atoms with Crippen LogP contribution in [0.1, 0.15) is 36.6 Å². The maximum atomic E-state index is 13.0. The second-order valence-electron chi connectivity index (χ2n) is 6.80. The summed E-state index contributed by atoms with van der Waals surface area (Å²) in [4.78, 5) is 25.3. The second kappa shape index (κ2) is 10.4. The summed E-state index contributed by atoms with van der Waals surface area (Å²) < 4.78 is 38.7. The molecule has 7 nitrogen and oxygen atoms in total. The highest BCUT2D eigenvalue weighted by Crippen LogP contribution is 2.28. The van der Waals surface area contributed by atoms with Crippen molar-refractivity contribution in [2.24, 2.45) is 5.92 Å². The number of aryl methyl sites for hydroxylation is 2. The number of esters is 2. The molecule has 162 valence electrons. The Morgan fingerprint density at radius 1 is 0.833 bits per heavy atom. The Morgan fingerprint density at radius 3 is 1.70 bits per heavy atom. The molecule has 0 saturated carbocycles. The van der Waals surface area contributed by atoms with Crippen molar-refractivity contribution in [3.63, 3.8) is 0 Å². The van der Waals surface area contributed by atoms with E-state index >= 15 is 0 Å². The zero-order valence-electron chi connectivity index (χ0n) is 17.5. The minimum Gasteiger partial charge on any atom is -0.465 e. The minimum atomic E-state index is -4.04. The molecule has 0 fully saturated rings. The molecule has 0 amide bonds. The van der Waals surface area contributed by atoms with Gasteiger partial charge in [-0.2, -0.15) is 0 Å². The van der Waals surface area contributed by atoms with Gasteiger partial charge >= 0.3 is 11.9 Å². The molecule has 1 N–H and O–H groups in total. The quantitative estimate of drug-likeness (QED) is 0.482. The Morgan fingerprint density at radius 2 is 1.27 bits per heavy atom. The number of ether oxygens (including phenoxy) is 2. The summed E-state index contributed by atoms with van der Waals surface area (Å²) in [6.07, 6.45) is 0. The molecular weight excluding hydrogens is 406 g/mol. The molecule has 2 rings (SSSR count). The first-order valence-corrected chi connectivity index (χ1v) is 11.2. The van der Waals surface area contributed by atoms with Crippen molar-refractivity contribution in [2.45, 2.75) is 38.6 Å². The van der Waals surface area contributed by atoms with E-state index in [9.17, 15) is 18.0 Å². The van der Waals surface area contributed by atoms with Crippen molar-refractivity contribution in [1.29, 1.82) is 0 Å². The molecule has 8 heteroatoms. The van der Waals surface area contributed by atoms with Gasteiger partial charge in [0.15, 0.2) is 5.92 Å². The molecule has 0 radical (unpaired) electrons. The summed E-state index contributed by atoms with van der Waals surface area (Å²) in [6.45, 7) is 7.02. The molecule has 0 saturated heterocycles. The van der Waals surface area contributed by atoms with Gasteiger partial charge in [0.1, 0.15) is 0 Å². The number of sulfonamides is 1. The first-order chi connectivity index (χ1) is 14.2. The third-order valence-corrected chi connectivity index (χ3v) is 5.92. The van der Waals surface area contributed by atoms with Crippen molar-refractivity contribution >= 4 is 22.0 Å². The SMILES string of the molecule is CCOC(=O)C(C(=O)OCC)C(NS(=O)(=O)c1ccc(C)cc1)c1ccc(C)cc1. The van der Waals surface area contributed by atoms with Gasteiger partial charge in [-0.25, -0.2) is 13.1 Å². The van der Waals surface area contributed by atoms with Gasteiger partial charge in [-0.1, -0.05) is 47.5 Å². The van der Waals surface area contributed by atoms with Crippen LogP contribution in [0.3, 0.4) is 0 Å². The van der Waals surface area contributed by atoms with Gasteiger partial charge in [0.05, 0.1) is 24.2 Å². The Labute approximate surface area is 177 Å². The van der Waals surface area contributed by atoms with E-state index in [0.717, 1.165) is 11.1 Å². The number of nitrogens with one attached hydrogen (secondary N) is 1. The van der Waals surface area contributed by atoms with Crippen LogP contribution < -0.4 is 4.72 Å². The lowest BCUT2D eigenvalue weighted by Gasteiger charge is -2.25. The molecular formula is C22H27NO6S. The van der Waals surface area contributed by atoms with Crippen molar-refractivity contribution in [3.8, 4) is 0 Å². The molecule has 2 aromatic rings. The first-order valence-electron chi connectivity index (χ1n) is 9.68. The van der Waals surface area contributed by atoms with Crippen LogP contribution in [-0.2, 0) is 29.1 Å². The van der Waals surface area contributed by atoms with Crippen molar-refractivity contribution in [2.75, 3.05) is 13.2 Å². The Kier molecular flexibility index (Phi) is 8.14. The largest absolute Gasteiger partial charge is 0.465 e. The number of rotatable bonds is 9. The van der Waals surface area contributed by atoms with E-state index in [0.29, 0.717) is 5.56 Å². The Bertz CT molecular complexity index is 950. The number of hydrogen-bond acceptors (Lipinski definition) is 6. The van der Waals surface area contributed by atoms with Crippen LogP contribution in [0, 0.1) is 19.8 Å². The van der Waals surface area contributed by atoms with E-state index in [2.05, 4.69) is 4.72 Å². The van der Waals surface area contributed by atoms with Crippen LogP contribution in [0.2, 0.25) is 0 Å². The maximum Gasteiger partial charge on any atom is 0.322 e. The zero-order chi connectivity index (χ0) is 22.3. The van der Waals surface area contributed by atoms with Gasteiger partial charge in [0.2, 0.25) is 10.0 Å². The highest BCUT2D eigenvalue weighted by atomic mass is 32.2. The summed E-state index contributed by atoms with van der Waals surface area (Å²) in [7, 11) is -4.04. The van der Waals surface area contributed by atoms with E-state index < -0.39 is 33.9 Å². The topological polar surface area (TPSA) is 98.8 Å². The Balaban J connectivity index is 2.54. The molecule has 0 aliphatic carbocycles. The third-order valence-electron chi connectivity index (χ3n) is 4.46. The standard InChI is InChI=1S/C22H27NO6S/c1-5-28-21(24)19(22(25)29-6-2)20(17-11-7-15(3)8-12-17)23-30(26,27)18-13-9-16(4)10-14-18/h7-14,19-20,23H,5-6H2,1-4H3. The van der Waals surface area contributed by atoms with Gasteiger partial charge in [0.25, 0.3) is 0 Å². The maximum absolute atomic E-state index is 13.0. The van der Waals surface area contributed by atoms with Gasteiger partial charge in [0, 0.05) is 0 Å². The lowest BCUT2D eigenvalue weighted by molar-refractivity contribution is -0.163. The molecule has 0 heterocycles. The average molecular weight is 434 g/mol. The molecule has 2 aromatic carbocycles. The van der Waals surface area contributed by atoms with Crippen LogP contribution in [-0.4, -0.2) is 33.6 Å². The lowest BCUT2D eigenvalue weighted by atomic mass is 9.93. The third kappa shape index (κ3) is 5.90. The van der Waals surface area contributed by atoms with Gasteiger partial charge in [-0.05, 0) is 45.4 Å². The van der Waals surface area contributed by atoms with Gasteiger partial charge < -0.3 is 9.47 Å².